The highest BCUT2D eigenvalue weighted by Crippen LogP contribution is 2.25. The largest absolute Gasteiger partial charge is 0.373 e. The highest BCUT2D eigenvalue weighted by molar-refractivity contribution is 7.93. The number of anilines is 2. The first-order valence-corrected chi connectivity index (χ1v) is 7.82. The van der Waals surface area contributed by atoms with Gasteiger partial charge in [-0.15, -0.1) is 0 Å². The van der Waals surface area contributed by atoms with E-state index in [1.807, 2.05) is 0 Å². The van der Waals surface area contributed by atoms with Crippen LogP contribution in [0.15, 0.2) is 18.3 Å². The summed E-state index contributed by atoms with van der Waals surface area (Å²) in [6, 6.07) is 3.47. The van der Waals surface area contributed by atoms with Gasteiger partial charge in [0.15, 0.2) is 0 Å². The second kappa shape index (κ2) is 5.56. The van der Waals surface area contributed by atoms with Gasteiger partial charge in [-0.3, -0.25) is 4.72 Å². The van der Waals surface area contributed by atoms with Gasteiger partial charge in [0.05, 0.1) is 17.1 Å². The number of hydrogen-bond donors (Lipinski definition) is 2. The summed E-state index contributed by atoms with van der Waals surface area (Å²) in [5.41, 5.74) is 0.527. The lowest BCUT2D eigenvalue weighted by Crippen LogP contribution is -2.29. The molecule has 2 N–H and O–H groups in total. The van der Waals surface area contributed by atoms with Crippen LogP contribution in [0.5, 0.6) is 0 Å². The van der Waals surface area contributed by atoms with Gasteiger partial charge < -0.3 is 5.32 Å². The topological polar surface area (TPSA) is 71.1 Å². The van der Waals surface area contributed by atoms with Crippen LogP contribution in [0.25, 0.3) is 0 Å². The SMILES string of the molecule is CNc1ccc(NS(=O)(=O)C2CCCCC2)cn1. The Kier molecular flexibility index (Phi) is 4.06. The molecule has 5 nitrogen and oxygen atoms in total. The van der Waals surface area contributed by atoms with Gasteiger partial charge in [0.25, 0.3) is 0 Å². The fourth-order valence-corrected chi connectivity index (χ4v) is 3.80. The minimum atomic E-state index is -3.27. The fraction of sp³-hybridized carbons (Fsp3) is 0.583. The first-order valence-electron chi connectivity index (χ1n) is 6.27. The van der Waals surface area contributed by atoms with Gasteiger partial charge in [0.1, 0.15) is 5.82 Å². The van der Waals surface area contributed by atoms with E-state index in [4.69, 9.17) is 0 Å². The average molecular weight is 269 g/mol. The summed E-state index contributed by atoms with van der Waals surface area (Å²) < 4.78 is 26.9. The summed E-state index contributed by atoms with van der Waals surface area (Å²) in [5, 5.41) is 2.64. The van der Waals surface area contributed by atoms with E-state index in [0.29, 0.717) is 5.69 Å². The molecule has 1 aromatic rings. The zero-order valence-electron chi connectivity index (χ0n) is 10.5. The minimum absolute atomic E-state index is 0.254. The second-order valence-electron chi connectivity index (χ2n) is 4.59. The van der Waals surface area contributed by atoms with Gasteiger partial charge in [-0.25, -0.2) is 13.4 Å². The maximum atomic E-state index is 12.2. The molecule has 0 unspecified atom stereocenters. The van der Waals surface area contributed by atoms with Gasteiger partial charge in [-0.2, -0.15) is 0 Å². The molecule has 0 saturated heterocycles. The first-order chi connectivity index (χ1) is 8.62. The molecule has 1 saturated carbocycles. The molecule has 1 fully saturated rings. The van der Waals surface area contributed by atoms with Crippen LogP contribution in [0.3, 0.4) is 0 Å². The van der Waals surface area contributed by atoms with Crippen molar-refractivity contribution in [1.29, 1.82) is 0 Å². The lowest BCUT2D eigenvalue weighted by molar-refractivity contribution is 0.486. The molecular weight excluding hydrogens is 250 g/mol. The van der Waals surface area contributed by atoms with E-state index in [1.54, 1.807) is 19.2 Å². The van der Waals surface area contributed by atoms with E-state index in [1.165, 1.54) is 6.20 Å². The van der Waals surface area contributed by atoms with E-state index >= 15 is 0 Å². The monoisotopic (exact) mass is 269 g/mol. The molecule has 100 valence electrons. The van der Waals surface area contributed by atoms with Crippen molar-refractivity contribution in [2.75, 3.05) is 17.1 Å². The molecule has 0 spiro atoms. The number of hydrogen-bond acceptors (Lipinski definition) is 4. The number of rotatable bonds is 4. The summed E-state index contributed by atoms with van der Waals surface area (Å²) in [6.45, 7) is 0. The predicted molar refractivity (Wildman–Crippen MR) is 73.2 cm³/mol. The van der Waals surface area contributed by atoms with E-state index < -0.39 is 10.0 Å². The third-order valence-electron chi connectivity index (χ3n) is 3.27. The Bertz CT molecular complexity index is 479. The van der Waals surface area contributed by atoms with Crippen LogP contribution in [0.4, 0.5) is 11.5 Å². The predicted octanol–water partition coefficient (Wildman–Crippen LogP) is 2.20. The molecule has 0 bridgehead atoms. The third kappa shape index (κ3) is 3.13. The van der Waals surface area contributed by atoms with Gasteiger partial charge >= 0.3 is 0 Å². The Balaban J connectivity index is 2.06. The molecule has 0 amide bonds. The molecule has 1 aliphatic carbocycles. The van der Waals surface area contributed by atoms with Crippen molar-refractivity contribution in [3.8, 4) is 0 Å². The number of nitrogens with one attached hydrogen (secondary N) is 2. The summed E-state index contributed by atoms with van der Waals surface area (Å²) in [7, 11) is -1.49. The summed E-state index contributed by atoms with van der Waals surface area (Å²) in [6.07, 6.45) is 6.20. The molecule has 1 aromatic heterocycles. The molecular formula is C12H19N3O2S. The van der Waals surface area contributed by atoms with Crippen molar-refractivity contribution >= 4 is 21.5 Å². The standard InChI is InChI=1S/C12H19N3O2S/c1-13-12-8-7-10(9-14-12)15-18(16,17)11-5-3-2-4-6-11/h7-9,11,15H,2-6H2,1H3,(H,13,14). The number of aromatic nitrogens is 1. The fourth-order valence-electron chi connectivity index (χ4n) is 2.23. The van der Waals surface area contributed by atoms with Crippen molar-refractivity contribution < 1.29 is 8.42 Å². The maximum Gasteiger partial charge on any atom is 0.235 e. The van der Waals surface area contributed by atoms with Gasteiger partial charge in [0, 0.05) is 7.05 Å². The van der Waals surface area contributed by atoms with Crippen molar-refractivity contribution in [3.05, 3.63) is 18.3 Å². The molecule has 18 heavy (non-hydrogen) atoms. The molecule has 1 heterocycles. The highest BCUT2D eigenvalue weighted by Gasteiger charge is 2.27. The molecule has 1 aliphatic rings. The Morgan fingerprint density at radius 1 is 1.22 bits per heavy atom. The molecule has 6 heteroatoms. The van der Waals surface area contributed by atoms with Crippen molar-refractivity contribution in [2.24, 2.45) is 0 Å². The van der Waals surface area contributed by atoms with Crippen LogP contribution >= 0.6 is 0 Å². The van der Waals surface area contributed by atoms with Crippen molar-refractivity contribution in [2.45, 2.75) is 37.4 Å². The van der Waals surface area contributed by atoms with Crippen LogP contribution in [0, 0.1) is 0 Å². The number of sulfonamides is 1. The zero-order valence-corrected chi connectivity index (χ0v) is 11.3. The van der Waals surface area contributed by atoms with Crippen LogP contribution in [0.1, 0.15) is 32.1 Å². The molecule has 0 aromatic carbocycles. The summed E-state index contributed by atoms with van der Waals surface area (Å²) >= 11 is 0. The van der Waals surface area contributed by atoms with Crippen molar-refractivity contribution in [1.82, 2.24) is 4.98 Å². The number of nitrogens with zero attached hydrogens (tertiary/aromatic N) is 1. The minimum Gasteiger partial charge on any atom is -0.373 e. The van der Waals surface area contributed by atoms with Gasteiger partial charge in [-0.05, 0) is 25.0 Å². The smallest absolute Gasteiger partial charge is 0.235 e. The highest BCUT2D eigenvalue weighted by atomic mass is 32.2. The van der Waals surface area contributed by atoms with Crippen LogP contribution in [-0.4, -0.2) is 25.7 Å². The van der Waals surface area contributed by atoms with Gasteiger partial charge in [0.2, 0.25) is 10.0 Å². The Labute approximate surface area is 108 Å². The molecule has 2 rings (SSSR count). The van der Waals surface area contributed by atoms with Crippen LogP contribution < -0.4 is 10.0 Å². The molecule has 0 aliphatic heterocycles. The summed E-state index contributed by atoms with van der Waals surface area (Å²) in [5.74, 6) is 0.718. The lowest BCUT2D eigenvalue weighted by atomic mass is 10.0. The zero-order chi connectivity index (χ0) is 13.0. The second-order valence-corrected chi connectivity index (χ2v) is 6.55. The Morgan fingerprint density at radius 3 is 2.50 bits per heavy atom. The quantitative estimate of drug-likeness (QED) is 0.879. The van der Waals surface area contributed by atoms with Crippen LogP contribution in [0.2, 0.25) is 0 Å². The van der Waals surface area contributed by atoms with E-state index in [9.17, 15) is 8.42 Å². The first kappa shape index (κ1) is 13.1. The third-order valence-corrected chi connectivity index (χ3v) is 5.14. The Morgan fingerprint density at radius 2 is 1.94 bits per heavy atom. The Hall–Kier alpha value is -1.30. The maximum absolute atomic E-state index is 12.2. The van der Waals surface area contributed by atoms with Crippen LogP contribution in [-0.2, 0) is 10.0 Å². The normalized spacial score (nSPS) is 17.4. The average Bonchev–Trinajstić information content (AvgIpc) is 2.40. The van der Waals surface area contributed by atoms with E-state index in [0.717, 1.165) is 37.9 Å². The molecule has 0 radical (unpaired) electrons. The number of pyridine rings is 1. The van der Waals surface area contributed by atoms with E-state index in [2.05, 4.69) is 15.0 Å². The lowest BCUT2D eigenvalue weighted by Gasteiger charge is -2.22. The van der Waals surface area contributed by atoms with Gasteiger partial charge in [-0.1, -0.05) is 19.3 Å². The van der Waals surface area contributed by atoms with E-state index in [-0.39, 0.29) is 5.25 Å². The summed E-state index contributed by atoms with van der Waals surface area (Å²) in [4.78, 5) is 4.09. The van der Waals surface area contributed by atoms with Crippen molar-refractivity contribution in [3.63, 3.8) is 0 Å². The molecule has 0 atom stereocenters.